The van der Waals surface area contributed by atoms with Gasteiger partial charge in [0, 0.05) is 23.0 Å². The summed E-state index contributed by atoms with van der Waals surface area (Å²) in [5.74, 6) is 0.883. The number of nitrogens with two attached hydrogens (primary N) is 2. The molecule has 0 spiro atoms. The summed E-state index contributed by atoms with van der Waals surface area (Å²) in [6.45, 7) is 4.23. The van der Waals surface area contributed by atoms with Gasteiger partial charge in [-0.25, -0.2) is 4.98 Å². The maximum Gasteiger partial charge on any atom is 0.150 e. The molecule has 0 bridgehead atoms. The summed E-state index contributed by atoms with van der Waals surface area (Å²) in [7, 11) is 0. The molecular formula is C22H24N4. The molecule has 0 radical (unpaired) electrons. The summed E-state index contributed by atoms with van der Waals surface area (Å²) >= 11 is 0. The lowest BCUT2D eigenvalue weighted by Gasteiger charge is -2.19. The molecule has 1 aliphatic carbocycles. The van der Waals surface area contributed by atoms with Crippen LogP contribution in [0.1, 0.15) is 24.5 Å². The molecule has 2 aromatic heterocycles. The Kier molecular flexibility index (Phi) is 4.21. The monoisotopic (exact) mass is 344 g/mol. The molecule has 2 heterocycles. The van der Waals surface area contributed by atoms with Gasteiger partial charge in [0.25, 0.3) is 0 Å². The molecule has 0 saturated heterocycles. The van der Waals surface area contributed by atoms with E-state index >= 15 is 0 Å². The molecule has 4 rings (SSSR count). The van der Waals surface area contributed by atoms with Crippen LogP contribution >= 0.6 is 0 Å². The van der Waals surface area contributed by atoms with Crippen LogP contribution in [0.3, 0.4) is 0 Å². The first-order valence-corrected chi connectivity index (χ1v) is 9.10. The number of nitrogen functional groups attached to an aromatic ring is 1. The van der Waals surface area contributed by atoms with Crippen molar-refractivity contribution in [2.45, 2.75) is 32.7 Å². The normalized spacial score (nSPS) is 19.9. The molecule has 132 valence electrons. The highest BCUT2D eigenvalue weighted by Crippen LogP contribution is 2.28. The zero-order valence-corrected chi connectivity index (χ0v) is 15.2. The zero-order chi connectivity index (χ0) is 18.3. The van der Waals surface area contributed by atoms with E-state index in [4.69, 9.17) is 11.5 Å². The Labute approximate surface area is 153 Å². The second-order valence-corrected chi connectivity index (χ2v) is 7.29. The van der Waals surface area contributed by atoms with Crippen molar-refractivity contribution in [3.05, 3.63) is 65.4 Å². The van der Waals surface area contributed by atoms with Crippen molar-refractivity contribution >= 4 is 27.6 Å². The van der Waals surface area contributed by atoms with Crippen LogP contribution in [-0.2, 0) is 6.42 Å². The number of allylic oxidation sites excluding steroid dienone is 2. The predicted octanol–water partition coefficient (Wildman–Crippen LogP) is 4.07. The minimum absolute atomic E-state index is 0.131. The lowest BCUT2D eigenvalue weighted by molar-refractivity contribution is 0.616. The zero-order valence-electron chi connectivity index (χ0n) is 15.2. The standard InChI is InChI=1S/C22H24N4/c1-13-3-7-17-18-11-16(5-4-15-6-8-19(23)14(2)10-15)12-25-21(18)22(24)26-20(17)9-13/h3,6-12,14,19H,4-5,23H2,1-2H3,(H2,24,26). The van der Waals surface area contributed by atoms with E-state index in [9.17, 15) is 0 Å². The lowest BCUT2D eigenvalue weighted by atomic mass is 9.91. The number of hydrogen-bond donors (Lipinski definition) is 2. The fourth-order valence-electron chi connectivity index (χ4n) is 3.57. The van der Waals surface area contributed by atoms with Crippen LogP contribution in [-0.4, -0.2) is 16.0 Å². The molecular weight excluding hydrogens is 320 g/mol. The van der Waals surface area contributed by atoms with Crippen molar-refractivity contribution in [1.29, 1.82) is 0 Å². The average Bonchev–Trinajstić information content (AvgIpc) is 2.62. The molecule has 0 amide bonds. The topological polar surface area (TPSA) is 77.8 Å². The maximum absolute atomic E-state index is 6.14. The largest absolute Gasteiger partial charge is 0.382 e. The van der Waals surface area contributed by atoms with Gasteiger partial charge >= 0.3 is 0 Å². The summed E-state index contributed by atoms with van der Waals surface area (Å²) in [5, 5.41) is 2.18. The van der Waals surface area contributed by atoms with Crippen LogP contribution in [0.2, 0.25) is 0 Å². The minimum atomic E-state index is 0.131. The fourth-order valence-corrected chi connectivity index (χ4v) is 3.57. The summed E-state index contributed by atoms with van der Waals surface area (Å²) in [5.41, 5.74) is 17.6. The van der Waals surface area contributed by atoms with Crippen molar-refractivity contribution in [2.75, 3.05) is 5.73 Å². The van der Waals surface area contributed by atoms with Crippen molar-refractivity contribution in [1.82, 2.24) is 9.97 Å². The highest BCUT2D eigenvalue weighted by atomic mass is 14.9. The van der Waals surface area contributed by atoms with E-state index in [0.29, 0.717) is 11.7 Å². The molecule has 0 fully saturated rings. The Morgan fingerprint density at radius 1 is 1.12 bits per heavy atom. The summed E-state index contributed by atoms with van der Waals surface area (Å²) in [6, 6.07) is 8.63. The first-order chi connectivity index (χ1) is 12.5. The van der Waals surface area contributed by atoms with Gasteiger partial charge in [-0.15, -0.1) is 0 Å². The Morgan fingerprint density at radius 3 is 2.77 bits per heavy atom. The number of anilines is 1. The number of aryl methyl sites for hydroxylation is 2. The maximum atomic E-state index is 6.14. The van der Waals surface area contributed by atoms with Crippen molar-refractivity contribution in [3.8, 4) is 0 Å². The van der Waals surface area contributed by atoms with Crippen LogP contribution < -0.4 is 11.5 Å². The van der Waals surface area contributed by atoms with Gasteiger partial charge in [-0.05, 0) is 48.9 Å². The molecule has 4 nitrogen and oxygen atoms in total. The van der Waals surface area contributed by atoms with E-state index in [0.717, 1.165) is 34.6 Å². The van der Waals surface area contributed by atoms with Crippen molar-refractivity contribution in [3.63, 3.8) is 0 Å². The van der Waals surface area contributed by atoms with E-state index in [1.165, 1.54) is 16.7 Å². The second-order valence-electron chi connectivity index (χ2n) is 7.29. The molecule has 1 aliphatic rings. The highest BCUT2D eigenvalue weighted by Gasteiger charge is 2.13. The first-order valence-electron chi connectivity index (χ1n) is 9.10. The molecule has 2 atom stereocenters. The quantitative estimate of drug-likeness (QED) is 0.702. The van der Waals surface area contributed by atoms with Crippen LogP contribution in [0.4, 0.5) is 5.82 Å². The number of rotatable bonds is 3. The molecule has 26 heavy (non-hydrogen) atoms. The number of fused-ring (bicyclic) bond motifs is 3. The molecule has 1 aromatic carbocycles. The van der Waals surface area contributed by atoms with Gasteiger partial charge in [0.05, 0.1) is 5.52 Å². The molecule has 4 heteroatoms. The molecule has 0 aliphatic heterocycles. The van der Waals surface area contributed by atoms with Crippen LogP contribution in [0.5, 0.6) is 0 Å². The minimum Gasteiger partial charge on any atom is -0.382 e. The van der Waals surface area contributed by atoms with E-state index in [2.05, 4.69) is 66.3 Å². The Morgan fingerprint density at radius 2 is 1.96 bits per heavy atom. The van der Waals surface area contributed by atoms with Crippen LogP contribution in [0, 0.1) is 12.8 Å². The number of aromatic nitrogens is 2. The van der Waals surface area contributed by atoms with E-state index in [1.54, 1.807) is 0 Å². The molecule has 0 saturated carbocycles. The van der Waals surface area contributed by atoms with E-state index < -0.39 is 0 Å². The third kappa shape index (κ3) is 3.08. The molecule has 2 unspecified atom stereocenters. The second kappa shape index (κ2) is 6.54. The van der Waals surface area contributed by atoms with E-state index in [1.807, 2.05) is 6.20 Å². The highest BCUT2D eigenvalue weighted by molar-refractivity contribution is 6.08. The summed E-state index contributed by atoms with van der Waals surface area (Å²) in [6.07, 6.45) is 10.4. The first kappa shape index (κ1) is 16.7. The smallest absolute Gasteiger partial charge is 0.150 e. The predicted molar refractivity (Wildman–Crippen MR) is 109 cm³/mol. The molecule has 4 N–H and O–H groups in total. The number of pyridine rings is 2. The van der Waals surface area contributed by atoms with Gasteiger partial charge in [-0.2, -0.15) is 0 Å². The third-order valence-electron chi connectivity index (χ3n) is 5.19. The van der Waals surface area contributed by atoms with Gasteiger partial charge in [-0.1, -0.05) is 42.9 Å². The third-order valence-corrected chi connectivity index (χ3v) is 5.19. The van der Waals surface area contributed by atoms with Crippen molar-refractivity contribution in [2.24, 2.45) is 11.7 Å². The fraction of sp³-hybridized carbons (Fsp3) is 0.273. The Bertz CT molecular complexity index is 1050. The van der Waals surface area contributed by atoms with E-state index in [-0.39, 0.29) is 6.04 Å². The average molecular weight is 344 g/mol. The van der Waals surface area contributed by atoms with Gasteiger partial charge < -0.3 is 11.5 Å². The number of nitrogens with zero attached hydrogens (tertiary/aromatic N) is 2. The van der Waals surface area contributed by atoms with Crippen LogP contribution in [0.15, 0.2) is 54.3 Å². The van der Waals surface area contributed by atoms with Gasteiger partial charge in [0.2, 0.25) is 0 Å². The van der Waals surface area contributed by atoms with Gasteiger partial charge in [-0.3, -0.25) is 4.98 Å². The van der Waals surface area contributed by atoms with Crippen LogP contribution in [0.25, 0.3) is 21.8 Å². The van der Waals surface area contributed by atoms with Gasteiger partial charge in [0.15, 0.2) is 5.82 Å². The summed E-state index contributed by atoms with van der Waals surface area (Å²) < 4.78 is 0. The van der Waals surface area contributed by atoms with Gasteiger partial charge in [0.1, 0.15) is 5.52 Å². The summed E-state index contributed by atoms with van der Waals surface area (Å²) in [4.78, 5) is 9.11. The Hall–Kier alpha value is -2.72. The lowest BCUT2D eigenvalue weighted by Crippen LogP contribution is -2.26. The SMILES string of the molecule is Cc1ccc2c(c1)nc(N)c1ncc(CCC3=CC(C)C(N)C=C3)cc12. The molecule has 3 aromatic rings. The van der Waals surface area contributed by atoms with Crippen molar-refractivity contribution < 1.29 is 0 Å². The number of hydrogen-bond acceptors (Lipinski definition) is 4. The Balaban J connectivity index is 1.68. The number of benzene rings is 1.